The molecule has 0 aromatic heterocycles. The van der Waals surface area contributed by atoms with Crippen LogP contribution in [0.1, 0.15) is 52.9 Å². The van der Waals surface area contributed by atoms with Crippen LogP contribution in [0.3, 0.4) is 0 Å². The van der Waals surface area contributed by atoms with Crippen LogP contribution in [0.2, 0.25) is 0 Å². The van der Waals surface area contributed by atoms with Crippen molar-refractivity contribution >= 4 is 5.91 Å². The first kappa shape index (κ1) is 13.4. The monoisotopic (exact) mass is 200 g/mol. The van der Waals surface area contributed by atoms with Gasteiger partial charge in [-0.1, -0.05) is 33.6 Å². The zero-order chi connectivity index (χ0) is 11.0. The van der Waals surface area contributed by atoms with Crippen LogP contribution >= 0.6 is 0 Å². The summed E-state index contributed by atoms with van der Waals surface area (Å²) in [7, 11) is 0. The van der Waals surface area contributed by atoms with Gasteiger partial charge in [-0.2, -0.15) is 0 Å². The molecule has 3 heteroatoms. The molecule has 0 aliphatic heterocycles. The van der Waals surface area contributed by atoms with Crippen LogP contribution in [0.4, 0.5) is 0 Å². The molecule has 2 atom stereocenters. The van der Waals surface area contributed by atoms with Crippen molar-refractivity contribution in [3.63, 3.8) is 0 Å². The third kappa shape index (κ3) is 5.22. The van der Waals surface area contributed by atoms with Crippen molar-refractivity contribution in [1.82, 2.24) is 5.32 Å². The van der Waals surface area contributed by atoms with Crippen molar-refractivity contribution in [3.05, 3.63) is 0 Å². The molecular formula is C11H24N2O. The van der Waals surface area contributed by atoms with E-state index < -0.39 is 0 Å². The molecular weight excluding hydrogens is 176 g/mol. The molecule has 0 aromatic rings. The van der Waals surface area contributed by atoms with E-state index in [0.29, 0.717) is 6.04 Å². The van der Waals surface area contributed by atoms with Crippen molar-refractivity contribution in [2.24, 2.45) is 5.73 Å². The minimum Gasteiger partial charge on any atom is -0.352 e. The number of rotatable bonds is 7. The Morgan fingerprint density at radius 2 is 1.79 bits per heavy atom. The van der Waals surface area contributed by atoms with Gasteiger partial charge in [-0.25, -0.2) is 0 Å². The Labute approximate surface area is 87.4 Å². The highest BCUT2D eigenvalue weighted by atomic mass is 16.2. The predicted molar refractivity (Wildman–Crippen MR) is 60.0 cm³/mol. The van der Waals surface area contributed by atoms with E-state index in [2.05, 4.69) is 19.2 Å². The predicted octanol–water partition coefficient (Wildman–Crippen LogP) is 1.81. The van der Waals surface area contributed by atoms with Crippen molar-refractivity contribution in [2.75, 3.05) is 0 Å². The number of hydrogen-bond donors (Lipinski definition) is 2. The minimum absolute atomic E-state index is 0.00662. The maximum atomic E-state index is 11.5. The highest BCUT2D eigenvalue weighted by Gasteiger charge is 2.15. The second-order valence-electron chi connectivity index (χ2n) is 3.80. The summed E-state index contributed by atoms with van der Waals surface area (Å²) in [6, 6.07) is -0.0266. The lowest BCUT2D eigenvalue weighted by atomic mass is 10.1. The number of nitrogens with one attached hydrogen (secondary N) is 1. The zero-order valence-electron chi connectivity index (χ0n) is 9.68. The van der Waals surface area contributed by atoms with Gasteiger partial charge in [0.2, 0.25) is 5.91 Å². The number of amides is 1. The van der Waals surface area contributed by atoms with E-state index in [4.69, 9.17) is 5.73 Å². The van der Waals surface area contributed by atoms with Gasteiger partial charge in [0, 0.05) is 6.04 Å². The second-order valence-corrected chi connectivity index (χ2v) is 3.80. The van der Waals surface area contributed by atoms with E-state index in [1.54, 1.807) is 0 Å². The molecule has 0 aliphatic carbocycles. The molecule has 1 amide bonds. The minimum atomic E-state index is -0.328. The fourth-order valence-electron chi connectivity index (χ4n) is 1.48. The highest BCUT2D eigenvalue weighted by Crippen LogP contribution is 2.02. The second kappa shape index (κ2) is 7.80. The maximum absolute atomic E-state index is 11.5. The molecule has 3 nitrogen and oxygen atoms in total. The van der Waals surface area contributed by atoms with E-state index in [1.807, 2.05) is 6.92 Å². The lowest BCUT2D eigenvalue weighted by Crippen LogP contribution is -2.45. The van der Waals surface area contributed by atoms with Crippen LogP contribution in [0.25, 0.3) is 0 Å². The molecule has 0 rings (SSSR count). The van der Waals surface area contributed by atoms with Crippen molar-refractivity contribution in [3.8, 4) is 0 Å². The van der Waals surface area contributed by atoms with Gasteiger partial charge in [0.15, 0.2) is 0 Å². The molecule has 0 aliphatic rings. The molecule has 3 N–H and O–H groups in total. The Kier molecular flexibility index (Phi) is 7.48. The van der Waals surface area contributed by atoms with Gasteiger partial charge < -0.3 is 11.1 Å². The standard InChI is InChI=1S/C11H24N2O/c1-4-7-9(6-3)13-11(14)10(12)8-5-2/h9-10H,4-8,12H2,1-3H3,(H,13,14). The van der Waals surface area contributed by atoms with Gasteiger partial charge >= 0.3 is 0 Å². The third-order valence-corrected chi connectivity index (χ3v) is 2.41. The number of hydrogen-bond acceptors (Lipinski definition) is 2. The molecule has 0 saturated carbocycles. The van der Waals surface area contributed by atoms with Gasteiger partial charge in [-0.15, -0.1) is 0 Å². The van der Waals surface area contributed by atoms with E-state index in [0.717, 1.165) is 32.1 Å². The molecule has 84 valence electrons. The van der Waals surface area contributed by atoms with Crippen molar-refractivity contribution < 1.29 is 4.79 Å². The first-order chi connectivity index (χ1) is 6.65. The first-order valence-electron chi connectivity index (χ1n) is 5.71. The van der Waals surface area contributed by atoms with Crippen LogP contribution in [-0.2, 0) is 4.79 Å². The van der Waals surface area contributed by atoms with Gasteiger partial charge in [0.25, 0.3) is 0 Å². The van der Waals surface area contributed by atoms with Crippen LogP contribution in [0.15, 0.2) is 0 Å². The first-order valence-corrected chi connectivity index (χ1v) is 5.71. The van der Waals surface area contributed by atoms with Crippen molar-refractivity contribution in [2.45, 2.75) is 65.0 Å². The molecule has 14 heavy (non-hydrogen) atoms. The van der Waals surface area contributed by atoms with Gasteiger partial charge in [0.05, 0.1) is 6.04 Å². The molecule has 2 unspecified atom stereocenters. The van der Waals surface area contributed by atoms with E-state index in [9.17, 15) is 4.79 Å². The quantitative estimate of drug-likeness (QED) is 0.658. The summed E-state index contributed by atoms with van der Waals surface area (Å²) in [5.74, 6) is 0.00662. The Morgan fingerprint density at radius 3 is 2.21 bits per heavy atom. The van der Waals surface area contributed by atoms with E-state index in [1.165, 1.54) is 0 Å². The average Bonchev–Trinajstić information content (AvgIpc) is 2.17. The summed E-state index contributed by atoms with van der Waals surface area (Å²) >= 11 is 0. The SMILES string of the molecule is CCCC(CC)NC(=O)C(N)CCC. The largest absolute Gasteiger partial charge is 0.352 e. The molecule has 0 bridgehead atoms. The normalized spacial score (nSPS) is 14.9. The summed E-state index contributed by atoms with van der Waals surface area (Å²) in [4.78, 5) is 11.5. The topological polar surface area (TPSA) is 55.1 Å². The van der Waals surface area contributed by atoms with Crippen LogP contribution in [0.5, 0.6) is 0 Å². The molecule has 0 heterocycles. The number of carbonyl (C=O) groups excluding carboxylic acids is 1. The Morgan fingerprint density at radius 1 is 1.21 bits per heavy atom. The van der Waals surface area contributed by atoms with Crippen molar-refractivity contribution in [1.29, 1.82) is 0 Å². The Hall–Kier alpha value is -0.570. The van der Waals surface area contributed by atoms with Gasteiger partial charge in [-0.3, -0.25) is 4.79 Å². The molecule has 0 spiro atoms. The fourth-order valence-corrected chi connectivity index (χ4v) is 1.48. The smallest absolute Gasteiger partial charge is 0.237 e. The lowest BCUT2D eigenvalue weighted by Gasteiger charge is -2.18. The number of carbonyl (C=O) groups is 1. The number of nitrogens with two attached hydrogens (primary N) is 1. The zero-order valence-corrected chi connectivity index (χ0v) is 9.68. The summed E-state index contributed by atoms with van der Waals surface area (Å²) in [5.41, 5.74) is 5.71. The van der Waals surface area contributed by atoms with Crippen LogP contribution in [0, 0.1) is 0 Å². The van der Waals surface area contributed by atoms with E-state index in [-0.39, 0.29) is 11.9 Å². The Balaban J connectivity index is 3.88. The summed E-state index contributed by atoms with van der Waals surface area (Å²) in [6.07, 6.45) is 4.86. The summed E-state index contributed by atoms with van der Waals surface area (Å²) in [5, 5.41) is 2.99. The van der Waals surface area contributed by atoms with Gasteiger partial charge in [-0.05, 0) is 19.3 Å². The highest BCUT2D eigenvalue weighted by molar-refractivity contribution is 5.81. The Bertz CT molecular complexity index is 159. The van der Waals surface area contributed by atoms with Crippen LogP contribution < -0.4 is 11.1 Å². The molecule has 0 fully saturated rings. The molecule has 0 radical (unpaired) electrons. The van der Waals surface area contributed by atoms with E-state index >= 15 is 0 Å². The molecule has 0 saturated heterocycles. The average molecular weight is 200 g/mol. The third-order valence-electron chi connectivity index (χ3n) is 2.41. The fraction of sp³-hybridized carbons (Fsp3) is 0.909. The summed E-state index contributed by atoms with van der Waals surface area (Å²) < 4.78 is 0. The maximum Gasteiger partial charge on any atom is 0.237 e. The lowest BCUT2D eigenvalue weighted by molar-refractivity contribution is -0.123. The summed E-state index contributed by atoms with van der Waals surface area (Å²) in [6.45, 7) is 6.25. The van der Waals surface area contributed by atoms with Crippen LogP contribution in [-0.4, -0.2) is 18.0 Å². The van der Waals surface area contributed by atoms with Gasteiger partial charge in [0.1, 0.15) is 0 Å². The molecule has 0 aromatic carbocycles.